The van der Waals surface area contributed by atoms with E-state index in [1.807, 2.05) is 16.8 Å². The molecule has 0 spiro atoms. The van der Waals surface area contributed by atoms with Gasteiger partial charge < -0.3 is 9.26 Å². The lowest BCUT2D eigenvalue weighted by Crippen LogP contribution is -2.19. The summed E-state index contributed by atoms with van der Waals surface area (Å²) in [4.78, 5) is 4.49. The van der Waals surface area contributed by atoms with E-state index in [1.54, 1.807) is 11.3 Å². The fourth-order valence-corrected chi connectivity index (χ4v) is 3.27. The Balaban J connectivity index is 1.69. The van der Waals surface area contributed by atoms with Crippen LogP contribution < -0.4 is 0 Å². The molecule has 1 aliphatic rings. The van der Waals surface area contributed by atoms with Crippen molar-refractivity contribution in [3.63, 3.8) is 0 Å². The molecule has 1 fully saturated rings. The van der Waals surface area contributed by atoms with Crippen molar-refractivity contribution in [2.24, 2.45) is 0 Å². The SMILES string of the molecule is CCC(OC1CCCCC1)c1nc(-c2ccsc2)no1. The zero-order valence-corrected chi connectivity index (χ0v) is 12.6. The molecule has 2 heterocycles. The lowest BCUT2D eigenvalue weighted by Gasteiger charge is -2.25. The van der Waals surface area contributed by atoms with Crippen LogP contribution in [0, 0.1) is 0 Å². The van der Waals surface area contributed by atoms with Gasteiger partial charge in [0.2, 0.25) is 5.82 Å². The van der Waals surface area contributed by atoms with E-state index < -0.39 is 0 Å². The molecule has 108 valence electrons. The van der Waals surface area contributed by atoms with Crippen LogP contribution in [0.5, 0.6) is 0 Å². The van der Waals surface area contributed by atoms with E-state index in [2.05, 4.69) is 17.1 Å². The quantitative estimate of drug-likeness (QED) is 0.808. The Kier molecular flexibility index (Phi) is 4.47. The molecule has 2 aromatic heterocycles. The first kappa shape index (κ1) is 13.8. The number of aromatic nitrogens is 2. The van der Waals surface area contributed by atoms with Crippen LogP contribution in [0.2, 0.25) is 0 Å². The third-order valence-corrected chi connectivity index (χ3v) is 4.46. The van der Waals surface area contributed by atoms with Gasteiger partial charge >= 0.3 is 0 Å². The molecule has 1 unspecified atom stereocenters. The van der Waals surface area contributed by atoms with Gasteiger partial charge in [-0.05, 0) is 30.7 Å². The smallest absolute Gasteiger partial charge is 0.256 e. The highest BCUT2D eigenvalue weighted by Gasteiger charge is 2.24. The Labute approximate surface area is 123 Å². The standard InChI is InChI=1S/C15H20N2O2S/c1-2-13(18-12-6-4-3-5-7-12)15-16-14(17-19-15)11-8-9-20-10-11/h8-10,12-13H,2-7H2,1H3. The van der Waals surface area contributed by atoms with Crippen molar-refractivity contribution >= 4 is 11.3 Å². The summed E-state index contributed by atoms with van der Waals surface area (Å²) in [6.45, 7) is 2.10. The zero-order chi connectivity index (χ0) is 13.8. The normalized spacial score (nSPS) is 18.2. The summed E-state index contributed by atoms with van der Waals surface area (Å²) in [5.41, 5.74) is 1.01. The van der Waals surface area contributed by atoms with Gasteiger partial charge in [-0.25, -0.2) is 0 Å². The summed E-state index contributed by atoms with van der Waals surface area (Å²) in [6.07, 6.45) is 7.32. The Morgan fingerprint density at radius 1 is 1.40 bits per heavy atom. The second-order valence-corrected chi connectivity index (χ2v) is 6.04. The molecular weight excluding hydrogens is 272 g/mol. The van der Waals surface area contributed by atoms with E-state index in [4.69, 9.17) is 9.26 Å². The summed E-state index contributed by atoms with van der Waals surface area (Å²) in [7, 11) is 0. The average molecular weight is 292 g/mol. The first-order valence-electron chi connectivity index (χ1n) is 7.38. The highest BCUT2D eigenvalue weighted by atomic mass is 32.1. The maximum absolute atomic E-state index is 6.16. The minimum absolute atomic E-state index is 0.0713. The van der Waals surface area contributed by atoms with Crippen molar-refractivity contribution in [2.75, 3.05) is 0 Å². The van der Waals surface area contributed by atoms with Gasteiger partial charge in [0.25, 0.3) is 5.89 Å². The molecular formula is C15H20N2O2S. The Hall–Kier alpha value is -1.20. The van der Waals surface area contributed by atoms with Gasteiger partial charge in [-0.15, -0.1) is 0 Å². The average Bonchev–Trinajstić information content (AvgIpc) is 3.16. The summed E-state index contributed by atoms with van der Waals surface area (Å²) in [6, 6.07) is 2.00. The minimum Gasteiger partial charge on any atom is -0.365 e. The summed E-state index contributed by atoms with van der Waals surface area (Å²) in [5.74, 6) is 1.27. The highest BCUT2D eigenvalue weighted by molar-refractivity contribution is 7.08. The lowest BCUT2D eigenvalue weighted by atomic mass is 9.97. The number of nitrogens with zero attached hydrogens (tertiary/aromatic N) is 2. The van der Waals surface area contributed by atoms with Crippen molar-refractivity contribution < 1.29 is 9.26 Å². The summed E-state index contributed by atoms with van der Waals surface area (Å²) in [5, 5.41) is 8.10. The van der Waals surface area contributed by atoms with Gasteiger partial charge in [-0.3, -0.25) is 0 Å². The van der Waals surface area contributed by atoms with Crippen molar-refractivity contribution in [1.29, 1.82) is 0 Å². The van der Waals surface area contributed by atoms with Crippen LogP contribution in [0.4, 0.5) is 0 Å². The largest absolute Gasteiger partial charge is 0.365 e. The van der Waals surface area contributed by atoms with Gasteiger partial charge in [-0.2, -0.15) is 16.3 Å². The van der Waals surface area contributed by atoms with Crippen molar-refractivity contribution in [3.8, 4) is 11.4 Å². The second kappa shape index (κ2) is 6.50. The Bertz CT molecular complexity index is 518. The van der Waals surface area contributed by atoms with E-state index in [9.17, 15) is 0 Å². The minimum atomic E-state index is -0.0713. The molecule has 1 aliphatic carbocycles. The maximum Gasteiger partial charge on any atom is 0.256 e. The molecule has 0 saturated heterocycles. The molecule has 1 saturated carbocycles. The maximum atomic E-state index is 6.16. The molecule has 4 nitrogen and oxygen atoms in total. The van der Waals surface area contributed by atoms with Crippen LogP contribution in [0.15, 0.2) is 21.3 Å². The third kappa shape index (κ3) is 3.10. The van der Waals surface area contributed by atoms with Gasteiger partial charge in [0.1, 0.15) is 6.10 Å². The van der Waals surface area contributed by atoms with Crippen LogP contribution in [0.1, 0.15) is 57.4 Å². The second-order valence-electron chi connectivity index (χ2n) is 5.26. The van der Waals surface area contributed by atoms with Gasteiger partial charge in [0.05, 0.1) is 6.10 Å². The van der Waals surface area contributed by atoms with Crippen LogP contribution in [0.25, 0.3) is 11.4 Å². The van der Waals surface area contributed by atoms with Gasteiger partial charge in [0, 0.05) is 10.9 Å². The number of hydrogen-bond donors (Lipinski definition) is 0. The van der Waals surface area contributed by atoms with Gasteiger partial charge in [0.15, 0.2) is 0 Å². The fraction of sp³-hybridized carbons (Fsp3) is 0.600. The van der Waals surface area contributed by atoms with E-state index >= 15 is 0 Å². The molecule has 0 radical (unpaired) electrons. The predicted octanol–water partition coefficient (Wildman–Crippen LogP) is 4.60. The van der Waals surface area contributed by atoms with Crippen molar-refractivity contribution in [3.05, 3.63) is 22.7 Å². The van der Waals surface area contributed by atoms with Gasteiger partial charge in [-0.1, -0.05) is 31.3 Å². The number of rotatable bonds is 5. The first-order valence-corrected chi connectivity index (χ1v) is 8.32. The van der Waals surface area contributed by atoms with Crippen LogP contribution in [-0.2, 0) is 4.74 Å². The molecule has 20 heavy (non-hydrogen) atoms. The summed E-state index contributed by atoms with van der Waals surface area (Å²) < 4.78 is 11.6. The van der Waals surface area contributed by atoms with Crippen molar-refractivity contribution in [1.82, 2.24) is 10.1 Å². The Morgan fingerprint density at radius 2 is 2.25 bits per heavy atom. The highest BCUT2D eigenvalue weighted by Crippen LogP contribution is 2.29. The topological polar surface area (TPSA) is 48.2 Å². The predicted molar refractivity (Wildman–Crippen MR) is 78.6 cm³/mol. The molecule has 0 bridgehead atoms. The molecule has 0 aromatic carbocycles. The molecule has 0 aliphatic heterocycles. The fourth-order valence-electron chi connectivity index (χ4n) is 2.64. The number of hydrogen-bond acceptors (Lipinski definition) is 5. The van der Waals surface area contributed by atoms with Crippen LogP contribution in [-0.4, -0.2) is 16.2 Å². The monoisotopic (exact) mass is 292 g/mol. The number of ether oxygens (including phenoxy) is 1. The van der Waals surface area contributed by atoms with Crippen molar-refractivity contribution in [2.45, 2.75) is 57.7 Å². The lowest BCUT2D eigenvalue weighted by molar-refractivity contribution is -0.0468. The molecule has 3 rings (SSSR count). The van der Waals surface area contributed by atoms with Crippen LogP contribution in [0.3, 0.4) is 0 Å². The van der Waals surface area contributed by atoms with E-state index in [0.29, 0.717) is 17.8 Å². The summed E-state index contributed by atoms with van der Waals surface area (Å²) >= 11 is 1.63. The molecule has 2 aromatic rings. The van der Waals surface area contributed by atoms with Crippen LogP contribution >= 0.6 is 11.3 Å². The molecule has 5 heteroatoms. The van der Waals surface area contributed by atoms with E-state index in [1.165, 1.54) is 19.3 Å². The molecule has 0 N–H and O–H groups in total. The van der Waals surface area contributed by atoms with E-state index in [0.717, 1.165) is 24.8 Å². The molecule has 0 amide bonds. The number of thiophene rings is 1. The molecule has 1 atom stereocenters. The first-order chi connectivity index (χ1) is 9.86. The Morgan fingerprint density at radius 3 is 2.95 bits per heavy atom. The van der Waals surface area contributed by atoms with E-state index in [-0.39, 0.29) is 6.10 Å². The zero-order valence-electron chi connectivity index (χ0n) is 11.7. The third-order valence-electron chi connectivity index (χ3n) is 3.78.